The molecule has 0 saturated carbocycles. The van der Waals surface area contributed by atoms with Gasteiger partial charge < -0.3 is 4.90 Å². The zero-order valence-electron chi connectivity index (χ0n) is 21.6. The highest BCUT2D eigenvalue weighted by atomic mass is 19.1. The summed E-state index contributed by atoms with van der Waals surface area (Å²) in [4.78, 5) is 52.3. The summed E-state index contributed by atoms with van der Waals surface area (Å²) in [6.07, 6.45) is -0.900. The Morgan fingerprint density at radius 2 is 1.82 bits per heavy atom. The van der Waals surface area contributed by atoms with Crippen molar-refractivity contribution in [3.8, 4) is 11.1 Å². The maximum atomic E-state index is 15.8. The zero-order valence-corrected chi connectivity index (χ0v) is 21.6. The molecule has 4 aromatic rings. The van der Waals surface area contributed by atoms with Crippen molar-refractivity contribution in [2.75, 3.05) is 6.54 Å². The standard InChI is InChI=1S/C28H26F2N6O3/c1-15-5-4-6-21(33-15)11-25(38)24-10-20(29)14-35(24)28(39)27(30)36-23-8-7-18(19-12-31-17(3)32-13-19)9-22(23)26(34-36)16(2)37/h4-9,12-13,20,24,27H,10-11,14H2,1-3H3/t20-,24+,27-/m1/s1. The van der Waals surface area contributed by atoms with E-state index in [0.717, 1.165) is 15.3 Å². The minimum Gasteiger partial charge on any atom is -0.325 e. The van der Waals surface area contributed by atoms with Crippen LogP contribution in [0.3, 0.4) is 0 Å². The van der Waals surface area contributed by atoms with E-state index in [1.165, 1.54) is 6.92 Å². The summed E-state index contributed by atoms with van der Waals surface area (Å²) in [7, 11) is 0. The molecular weight excluding hydrogens is 506 g/mol. The third-order valence-electron chi connectivity index (χ3n) is 6.78. The Balaban J connectivity index is 1.45. The number of carbonyl (C=O) groups excluding carboxylic acids is 3. The number of rotatable bonds is 7. The van der Waals surface area contributed by atoms with E-state index in [-0.39, 0.29) is 24.1 Å². The van der Waals surface area contributed by atoms with Crippen LogP contribution in [-0.4, -0.2) is 65.9 Å². The summed E-state index contributed by atoms with van der Waals surface area (Å²) in [5.41, 5.74) is 2.77. The highest BCUT2D eigenvalue weighted by Crippen LogP contribution is 2.31. The van der Waals surface area contributed by atoms with Crippen LogP contribution in [0.25, 0.3) is 22.0 Å². The van der Waals surface area contributed by atoms with Crippen molar-refractivity contribution in [3.63, 3.8) is 0 Å². The Labute approximate surface area is 222 Å². The van der Waals surface area contributed by atoms with Crippen molar-refractivity contribution >= 4 is 28.4 Å². The first kappa shape index (κ1) is 26.2. The number of aryl methyl sites for hydroxylation is 2. The van der Waals surface area contributed by atoms with E-state index in [1.807, 2.05) is 0 Å². The highest BCUT2D eigenvalue weighted by Gasteiger charge is 2.43. The first-order chi connectivity index (χ1) is 18.6. The van der Waals surface area contributed by atoms with E-state index < -0.39 is 42.5 Å². The lowest BCUT2D eigenvalue weighted by atomic mass is 10.0. The van der Waals surface area contributed by atoms with E-state index in [2.05, 4.69) is 20.1 Å². The molecule has 0 aliphatic carbocycles. The molecule has 5 rings (SSSR count). The highest BCUT2D eigenvalue weighted by molar-refractivity contribution is 6.06. The number of fused-ring (bicyclic) bond motifs is 1. The Kier molecular flexibility index (Phi) is 6.98. The number of nitrogens with zero attached hydrogens (tertiary/aromatic N) is 6. The molecule has 0 N–H and O–H groups in total. The number of Topliss-reactive ketones (excluding diaryl/α,β-unsaturated/α-hetero) is 2. The lowest BCUT2D eigenvalue weighted by Crippen LogP contribution is -2.44. The quantitative estimate of drug-likeness (QED) is 0.332. The average molecular weight is 533 g/mol. The minimum absolute atomic E-state index is 0.0155. The molecule has 1 saturated heterocycles. The van der Waals surface area contributed by atoms with Crippen LogP contribution in [0.15, 0.2) is 48.8 Å². The maximum Gasteiger partial charge on any atom is 0.280 e. The number of pyridine rings is 1. The molecule has 4 heterocycles. The van der Waals surface area contributed by atoms with Crippen LogP contribution in [0.2, 0.25) is 0 Å². The molecule has 1 aromatic carbocycles. The first-order valence-corrected chi connectivity index (χ1v) is 12.5. The van der Waals surface area contributed by atoms with Gasteiger partial charge in [-0.2, -0.15) is 5.10 Å². The van der Waals surface area contributed by atoms with Gasteiger partial charge in [0, 0.05) is 48.1 Å². The Morgan fingerprint density at radius 3 is 2.51 bits per heavy atom. The van der Waals surface area contributed by atoms with Gasteiger partial charge in [-0.25, -0.2) is 23.4 Å². The Bertz CT molecular complexity index is 1590. The molecule has 3 atom stereocenters. The number of hydrogen-bond acceptors (Lipinski definition) is 7. The monoisotopic (exact) mass is 532 g/mol. The summed E-state index contributed by atoms with van der Waals surface area (Å²) in [6.45, 7) is 4.43. The largest absolute Gasteiger partial charge is 0.325 e. The summed E-state index contributed by atoms with van der Waals surface area (Å²) < 4.78 is 31.1. The average Bonchev–Trinajstić information content (AvgIpc) is 3.49. The van der Waals surface area contributed by atoms with Crippen LogP contribution in [0.5, 0.6) is 0 Å². The van der Waals surface area contributed by atoms with E-state index in [9.17, 15) is 18.8 Å². The molecule has 0 radical (unpaired) electrons. The number of hydrogen-bond donors (Lipinski definition) is 0. The van der Waals surface area contributed by atoms with Crippen LogP contribution >= 0.6 is 0 Å². The van der Waals surface area contributed by atoms with E-state index >= 15 is 4.39 Å². The second-order valence-electron chi connectivity index (χ2n) is 9.69. The van der Waals surface area contributed by atoms with Gasteiger partial charge in [0.25, 0.3) is 12.2 Å². The molecule has 1 aliphatic rings. The molecule has 0 unspecified atom stereocenters. The molecule has 11 heteroatoms. The van der Waals surface area contributed by atoms with Gasteiger partial charge in [-0.1, -0.05) is 12.1 Å². The van der Waals surface area contributed by atoms with Crippen molar-refractivity contribution in [3.05, 3.63) is 71.7 Å². The van der Waals surface area contributed by atoms with Crippen molar-refractivity contribution in [1.82, 2.24) is 29.6 Å². The number of halogens is 2. The third kappa shape index (κ3) is 5.16. The third-order valence-corrected chi connectivity index (χ3v) is 6.78. The van der Waals surface area contributed by atoms with Gasteiger partial charge in [-0.05, 0) is 43.7 Å². The van der Waals surface area contributed by atoms with Crippen molar-refractivity contribution < 1.29 is 23.2 Å². The van der Waals surface area contributed by atoms with E-state index in [4.69, 9.17) is 0 Å². The SMILES string of the molecule is CC(=O)c1nn([C@@H](F)C(=O)N2C[C@H](F)C[C@H]2C(=O)Cc2cccc(C)n2)c2ccc(-c3cnc(C)nc3)cc12. The number of benzene rings is 1. The summed E-state index contributed by atoms with van der Waals surface area (Å²) in [5, 5.41) is 4.47. The second-order valence-corrected chi connectivity index (χ2v) is 9.69. The molecule has 1 fully saturated rings. The second kappa shape index (κ2) is 10.4. The smallest absolute Gasteiger partial charge is 0.280 e. The van der Waals surface area contributed by atoms with Crippen LogP contribution in [-0.2, 0) is 16.0 Å². The number of aromatic nitrogens is 5. The topological polar surface area (TPSA) is 111 Å². The fraction of sp³-hybridized carbons (Fsp3) is 0.321. The van der Waals surface area contributed by atoms with Crippen LogP contribution < -0.4 is 0 Å². The molecule has 3 aromatic heterocycles. The molecule has 1 aliphatic heterocycles. The van der Waals surface area contributed by atoms with Gasteiger partial charge >= 0.3 is 0 Å². The van der Waals surface area contributed by atoms with Crippen molar-refractivity contribution in [1.29, 1.82) is 0 Å². The fourth-order valence-corrected chi connectivity index (χ4v) is 4.86. The normalized spacial score (nSPS) is 17.9. The van der Waals surface area contributed by atoms with Gasteiger partial charge in [0.2, 0.25) is 0 Å². The van der Waals surface area contributed by atoms with Gasteiger partial charge in [-0.15, -0.1) is 0 Å². The number of amides is 1. The molecule has 39 heavy (non-hydrogen) atoms. The van der Waals surface area contributed by atoms with Crippen molar-refractivity contribution in [2.24, 2.45) is 0 Å². The number of carbonyl (C=O) groups is 3. The van der Waals surface area contributed by atoms with Crippen molar-refractivity contribution in [2.45, 2.75) is 52.1 Å². The van der Waals surface area contributed by atoms with Gasteiger partial charge in [0.05, 0.1) is 24.5 Å². The Morgan fingerprint density at radius 1 is 1.08 bits per heavy atom. The van der Waals surface area contributed by atoms with Gasteiger partial charge in [0.15, 0.2) is 11.6 Å². The number of alkyl halides is 2. The lowest BCUT2D eigenvalue weighted by molar-refractivity contribution is -0.144. The van der Waals surface area contributed by atoms with Crippen LogP contribution in [0, 0.1) is 13.8 Å². The molecule has 0 bridgehead atoms. The number of likely N-dealkylation sites (tertiary alicyclic amines) is 1. The summed E-state index contributed by atoms with van der Waals surface area (Å²) >= 11 is 0. The van der Waals surface area contributed by atoms with Gasteiger partial charge in [-0.3, -0.25) is 19.4 Å². The zero-order chi connectivity index (χ0) is 27.8. The predicted octanol–water partition coefficient (Wildman–Crippen LogP) is 3.93. The summed E-state index contributed by atoms with van der Waals surface area (Å²) in [5.74, 6) is -1.34. The molecule has 200 valence electrons. The molecule has 0 spiro atoms. The molecule has 9 nitrogen and oxygen atoms in total. The molecule has 1 amide bonds. The van der Waals surface area contributed by atoms with E-state index in [0.29, 0.717) is 28.0 Å². The predicted molar refractivity (Wildman–Crippen MR) is 138 cm³/mol. The summed E-state index contributed by atoms with van der Waals surface area (Å²) in [6, 6.07) is 8.98. The molecular formula is C28H26F2N6O3. The first-order valence-electron chi connectivity index (χ1n) is 12.5. The minimum atomic E-state index is -2.37. The van der Waals surface area contributed by atoms with Crippen LogP contribution in [0.4, 0.5) is 8.78 Å². The number of ketones is 2. The maximum absolute atomic E-state index is 15.8. The van der Waals surface area contributed by atoms with E-state index in [1.54, 1.807) is 62.6 Å². The lowest BCUT2D eigenvalue weighted by Gasteiger charge is -2.25. The van der Waals surface area contributed by atoms with Gasteiger partial charge in [0.1, 0.15) is 17.7 Å². The fourth-order valence-electron chi connectivity index (χ4n) is 4.86. The Hall–Kier alpha value is -4.41. The van der Waals surface area contributed by atoms with Crippen LogP contribution in [0.1, 0.15) is 47.3 Å².